The van der Waals surface area contributed by atoms with E-state index in [0.717, 1.165) is 25.7 Å². The van der Waals surface area contributed by atoms with E-state index in [1.54, 1.807) is 0 Å². The molecule has 0 saturated heterocycles. The van der Waals surface area contributed by atoms with Crippen LogP contribution in [0.25, 0.3) is 0 Å². The summed E-state index contributed by atoms with van der Waals surface area (Å²) in [4.78, 5) is 0. The van der Waals surface area contributed by atoms with E-state index in [4.69, 9.17) is 5.11 Å². The molecule has 2 heteroatoms. The molecule has 1 rings (SSSR count). The first-order valence-electron chi connectivity index (χ1n) is 5.00. The van der Waals surface area contributed by atoms with Gasteiger partial charge in [-0.15, -0.1) is 0 Å². The van der Waals surface area contributed by atoms with Crippen LogP contribution in [0.15, 0.2) is 0 Å². The average Bonchev–Trinajstić information content (AvgIpc) is 2.79. The Kier molecular flexibility index (Phi) is 3.53. The quantitative estimate of drug-likeness (QED) is 0.599. The van der Waals surface area contributed by atoms with Crippen molar-refractivity contribution in [1.82, 2.24) is 0 Å². The van der Waals surface area contributed by atoms with E-state index in [2.05, 4.69) is 0 Å². The number of aliphatic hydroxyl groups is 2. The van der Waals surface area contributed by atoms with Gasteiger partial charge in [-0.1, -0.05) is 12.8 Å². The third-order valence-corrected chi connectivity index (χ3v) is 3.11. The summed E-state index contributed by atoms with van der Waals surface area (Å²) in [6, 6.07) is 0. The first-order valence-corrected chi connectivity index (χ1v) is 5.00. The molecule has 1 unspecified atom stereocenters. The standard InChI is InChI=1S/C10H20O2/c1-9(12)10(6-7-10)5-3-2-4-8-11/h9,11-12H,2-8H2,1H3. The Balaban J connectivity index is 2.06. The van der Waals surface area contributed by atoms with Crippen LogP contribution in [0, 0.1) is 5.41 Å². The monoisotopic (exact) mass is 172 g/mol. The molecule has 2 N–H and O–H groups in total. The first-order chi connectivity index (χ1) is 5.71. The van der Waals surface area contributed by atoms with Gasteiger partial charge in [0.15, 0.2) is 0 Å². The van der Waals surface area contributed by atoms with Crippen LogP contribution in [0.2, 0.25) is 0 Å². The van der Waals surface area contributed by atoms with Crippen molar-refractivity contribution in [3.63, 3.8) is 0 Å². The summed E-state index contributed by atoms with van der Waals surface area (Å²) in [5, 5.41) is 18.0. The normalized spacial score (nSPS) is 22.2. The van der Waals surface area contributed by atoms with E-state index < -0.39 is 0 Å². The van der Waals surface area contributed by atoms with Crippen molar-refractivity contribution in [3.05, 3.63) is 0 Å². The highest BCUT2D eigenvalue weighted by Crippen LogP contribution is 2.52. The van der Waals surface area contributed by atoms with Crippen LogP contribution in [0.5, 0.6) is 0 Å². The molecule has 0 aromatic rings. The predicted octanol–water partition coefficient (Wildman–Crippen LogP) is 1.70. The molecule has 1 aliphatic rings. The summed E-state index contributed by atoms with van der Waals surface area (Å²) in [5.74, 6) is 0. The highest BCUT2D eigenvalue weighted by atomic mass is 16.3. The summed E-state index contributed by atoms with van der Waals surface area (Å²) >= 11 is 0. The Morgan fingerprint density at radius 3 is 2.33 bits per heavy atom. The van der Waals surface area contributed by atoms with Crippen molar-refractivity contribution >= 4 is 0 Å². The van der Waals surface area contributed by atoms with Crippen molar-refractivity contribution < 1.29 is 10.2 Å². The second kappa shape index (κ2) is 4.24. The van der Waals surface area contributed by atoms with Crippen molar-refractivity contribution in [1.29, 1.82) is 0 Å². The van der Waals surface area contributed by atoms with Gasteiger partial charge in [-0.05, 0) is 38.0 Å². The molecule has 0 aliphatic heterocycles. The third-order valence-electron chi connectivity index (χ3n) is 3.11. The predicted molar refractivity (Wildman–Crippen MR) is 48.9 cm³/mol. The number of hydrogen-bond donors (Lipinski definition) is 2. The van der Waals surface area contributed by atoms with Crippen molar-refractivity contribution in [2.45, 2.75) is 51.6 Å². The zero-order chi connectivity index (χ0) is 9.03. The molecule has 1 aliphatic carbocycles. The number of aliphatic hydroxyl groups excluding tert-OH is 2. The van der Waals surface area contributed by atoms with E-state index in [-0.39, 0.29) is 11.5 Å². The highest BCUT2D eigenvalue weighted by Gasteiger charge is 2.45. The molecule has 0 spiro atoms. The lowest BCUT2D eigenvalue weighted by atomic mass is 9.93. The number of hydrogen-bond acceptors (Lipinski definition) is 2. The topological polar surface area (TPSA) is 40.5 Å². The highest BCUT2D eigenvalue weighted by molar-refractivity contribution is 4.96. The maximum atomic E-state index is 9.45. The molecule has 0 bridgehead atoms. The van der Waals surface area contributed by atoms with Crippen LogP contribution < -0.4 is 0 Å². The van der Waals surface area contributed by atoms with Gasteiger partial charge in [-0.3, -0.25) is 0 Å². The second-order valence-electron chi connectivity index (χ2n) is 4.07. The molecule has 0 amide bonds. The SMILES string of the molecule is CC(O)C1(CCCCCO)CC1. The van der Waals surface area contributed by atoms with Gasteiger partial charge in [-0.25, -0.2) is 0 Å². The van der Waals surface area contributed by atoms with Gasteiger partial charge in [0.05, 0.1) is 6.10 Å². The Bertz CT molecular complexity index is 128. The maximum Gasteiger partial charge on any atom is 0.0568 e. The molecule has 0 aromatic heterocycles. The molecule has 1 saturated carbocycles. The summed E-state index contributed by atoms with van der Waals surface area (Å²) in [7, 11) is 0. The average molecular weight is 172 g/mol. The fourth-order valence-corrected chi connectivity index (χ4v) is 1.80. The Morgan fingerprint density at radius 1 is 1.25 bits per heavy atom. The van der Waals surface area contributed by atoms with Gasteiger partial charge in [-0.2, -0.15) is 0 Å². The van der Waals surface area contributed by atoms with E-state index in [1.165, 1.54) is 12.8 Å². The number of rotatable bonds is 6. The molecule has 0 heterocycles. The fraction of sp³-hybridized carbons (Fsp3) is 1.00. The maximum absolute atomic E-state index is 9.45. The molecular weight excluding hydrogens is 152 g/mol. The third kappa shape index (κ3) is 2.46. The first kappa shape index (κ1) is 10.0. The van der Waals surface area contributed by atoms with Crippen LogP contribution in [-0.2, 0) is 0 Å². The molecule has 1 fully saturated rings. The van der Waals surface area contributed by atoms with Crippen molar-refractivity contribution in [2.75, 3.05) is 6.61 Å². The van der Waals surface area contributed by atoms with E-state index in [9.17, 15) is 5.11 Å². The zero-order valence-electron chi connectivity index (χ0n) is 7.92. The zero-order valence-corrected chi connectivity index (χ0v) is 7.92. The van der Waals surface area contributed by atoms with Gasteiger partial charge in [0.2, 0.25) is 0 Å². The van der Waals surface area contributed by atoms with Crippen molar-refractivity contribution in [2.24, 2.45) is 5.41 Å². The lowest BCUT2D eigenvalue weighted by Gasteiger charge is -2.17. The van der Waals surface area contributed by atoms with Crippen LogP contribution in [0.4, 0.5) is 0 Å². The minimum Gasteiger partial charge on any atom is -0.396 e. The smallest absolute Gasteiger partial charge is 0.0568 e. The Hall–Kier alpha value is -0.0800. The molecule has 72 valence electrons. The van der Waals surface area contributed by atoms with Crippen LogP contribution in [0.1, 0.15) is 45.4 Å². The van der Waals surface area contributed by atoms with E-state index in [1.807, 2.05) is 6.92 Å². The van der Waals surface area contributed by atoms with Gasteiger partial charge in [0.25, 0.3) is 0 Å². The molecular formula is C10H20O2. The minimum atomic E-state index is -0.133. The van der Waals surface area contributed by atoms with Gasteiger partial charge in [0, 0.05) is 6.61 Å². The molecule has 0 aromatic carbocycles. The number of unbranched alkanes of at least 4 members (excludes halogenated alkanes) is 2. The Labute approximate surface area is 74.6 Å². The largest absolute Gasteiger partial charge is 0.396 e. The summed E-state index contributed by atoms with van der Waals surface area (Å²) in [6.07, 6.45) is 6.58. The van der Waals surface area contributed by atoms with E-state index >= 15 is 0 Å². The van der Waals surface area contributed by atoms with Crippen molar-refractivity contribution in [3.8, 4) is 0 Å². The summed E-state index contributed by atoms with van der Waals surface area (Å²) in [5.41, 5.74) is 0.273. The molecule has 1 atom stereocenters. The van der Waals surface area contributed by atoms with Crippen LogP contribution >= 0.6 is 0 Å². The molecule has 0 radical (unpaired) electrons. The van der Waals surface area contributed by atoms with E-state index in [0.29, 0.717) is 6.61 Å². The van der Waals surface area contributed by atoms with Gasteiger partial charge in [0.1, 0.15) is 0 Å². The van der Waals surface area contributed by atoms with Crippen LogP contribution in [-0.4, -0.2) is 22.9 Å². The van der Waals surface area contributed by atoms with Gasteiger partial charge < -0.3 is 10.2 Å². The Morgan fingerprint density at radius 2 is 1.92 bits per heavy atom. The summed E-state index contributed by atoms with van der Waals surface area (Å²) < 4.78 is 0. The minimum absolute atomic E-state index is 0.133. The lowest BCUT2D eigenvalue weighted by Crippen LogP contribution is -2.17. The van der Waals surface area contributed by atoms with Crippen LogP contribution in [0.3, 0.4) is 0 Å². The van der Waals surface area contributed by atoms with Gasteiger partial charge >= 0.3 is 0 Å². The lowest BCUT2D eigenvalue weighted by molar-refractivity contribution is 0.102. The molecule has 12 heavy (non-hydrogen) atoms. The fourth-order valence-electron chi connectivity index (χ4n) is 1.80. The molecule has 2 nitrogen and oxygen atoms in total. The summed E-state index contributed by atoms with van der Waals surface area (Å²) in [6.45, 7) is 2.21. The second-order valence-corrected chi connectivity index (χ2v) is 4.07.